The van der Waals surface area contributed by atoms with E-state index in [4.69, 9.17) is 0 Å². The molecule has 0 bridgehead atoms. The van der Waals surface area contributed by atoms with Crippen molar-refractivity contribution in [3.05, 3.63) is 119 Å². The van der Waals surface area contributed by atoms with Gasteiger partial charge in [0.1, 0.15) is 0 Å². The molecule has 4 rings (SSSR count). The Morgan fingerprint density at radius 3 is 1.64 bits per heavy atom. The van der Waals surface area contributed by atoms with E-state index in [0.717, 1.165) is 25.9 Å². The van der Waals surface area contributed by atoms with Gasteiger partial charge in [-0.1, -0.05) is 103 Å². The predicted molar refractivity (Wildman–Crippen MR) is 115 cm³/mol. The number of rotatable bonds is 5. The normalized spacial score (nSPS) is 17.0. The van der Waals surface area contributed by atoms with Gasteiger partial charge >= 0.3 is 0 Å². The van der Waals surface area contributed by atoms with Crippen LogP contribution in [0.15, 0.2) is 103 Å². The summed E-state index contributed by atoms with van der Waals surface area (Å²) in [7, 11) is 0. The van der Waals surface area contributed by atoms with E-state index in [0.29, 0.717) is 0 Å². The summed E-state index contributed by atoms with van der Waals surface area (Å²) in [6.45, 7) is 1.98. The highest BCUT2D eigenvalue weighted by Crippen LogP contribution is 2.44. The van der Waals surface area contributed by atoms with Crippen molar-refractivity contribution in [3.8, 4) is 0 Å². The van der Waals surface area contributed by atoms with Crippen LogP contribution in [0.25, 0.3) is 0 Å². The lowest BCUT2D eigenvalue weighted by molar-refractivity contribution is 0.152. The highest BCUT2D eigenvalue weighted by molar-refractivity contribution is 5.50. The summed E-state index contributed by atoms with van der Waals surface area (Å²) in [6.07, 6.45) is 4.14. The summed E-state index contributed by atoms with van der Waals surface area (Å²) in [5, 5.41) is 9.46. The number of nitrogens with zero attached hydrogens (tertiary/aromatic N) is 1. The molecule has 0 saturated carbocycles. The minimum Gasteiger partial charge on any atom is -0.392 e. The molecule has 0 radical (unpaired) electrons. The van der Waals surface area contributed by atoms with Crippen LogP contribution in [0, 0.1) is 0 Å². The van der Waals surface area contributed by atoms with Crippen molar-refractivity contribution in [1.29, 1.82) is 0 Å². The summed E-state index contributed by atoms with van der Waals surface area (Å²) in [5.41, 5.74) is 4.78. The molecule has 0 aromatic heterocycles. The molecule has 1 fully saturated rings. The molecule has 1 aliphatic heterocycles. The van der Waals surface area contributed by atoms with Crippen LogP contribution in [-0.2, 0) is 5.54 Å². The lowest BCUT2D eigenvalue weighted by Gasteiger charge is -2.48. The van der Waals surface area contributed by atoms with Crippen molar-refractivity contribution in [2.75, 3.05) is 19.7 Å². The van der Waals surface area contributed by atoms with Crippen LogP contribution in [0.5, 0.6) is 0 Å². The number of piperidine rings is 1. The Bertz CT molecular complexity index is 806. The Morgan fingerprint density at radius 1 is 0.750 bits per heavy atom. The van der Waals surface area contributed by atoms with Crippen molar-refractivity contribution in [1.82, 2.24) is 4.90 Å². The zero-order chi connectivity index (χ0) is 19.2. The molecule has 0 spiro atoms. The second-order valence-electron chi connectivity index (χ2n) is 7.38. The van der Waals surface area contributed by atoms with E-state index in [1.54, 1.807) is 0 Å². The van der Waals surface area contributed by atoms with E-state index in [-0.39, 0.29) is 12.1 Å². The summed E-state index contributed by atoms with van der Waals surface area (Å²) < 4.78 is 0. The van der Waals surface area contributed by atoms with E-state index in [2.05, 4.69) is 95.9 Å². The third-order valence-corrected chi connectivity index (χ3v) is 5.75. The molecule has 1 aliphatic rings. The molecule has 3 aromatic carbocycles. The Labute approximate surface area is 167 Å². The highest BCUT2D eigenvalue weighted by atomic mass is 16.2. The molecule has 1 heterocycles. The summed E-state index contributed by atoms with van der Waals surface area (Å²) in [4.78, 5) is 2.58. The van der Waals surface area contributed by atoms with Crippen molar-refractivity contribution in [2.45, 2.75) is 18.4 Å². The van der Waals surface area contributed by atoms with Gasteiger partial charge in [0.2, 0.25) is 0 Å². The standard InChI is InChI=1S/C26H27NO/c28-20-18-22-11-10-19-27(21-22)26(23-12-4-1-5-13-23,24-14-6-2-7-15-24)25-16-8-3-9-17-25/h1-9,12-18,28H,10-11,19-21H2. The zero-order valence-electron chi connectivity index (χ0n) is 16.2. The predicted octanol–water partition coefficient (Wildman–Crippen LogP) is 4.99. The van der Waals surface area contributed by atoms with Crippen LogP contribution in [0.1, 0.15) is 29.5 Å². The zero-order valence-corrected chi connectivity index (χ0v) is 16.2. The van der Waals surface area contributed by atoms with E-state index in [1.165, 1.54) is 22.3 Å². The van der Waals surface area contributed by atoms with Crippen LogP contribution in [0.4, 0.5) is 0 Å². The largest absolute Gasteiger partial charge is 0.392 e. The summed E-state index contributed by atoms with van der Waals surface area (Å²) in [5.74, 6) is 0. The monoisotopic (exact) mass is 369 g/mol. The van der Waals surface area contributed by atoms with E-state index in [9.17, 15) is 5.11 Å². The van der Waals surface area contributed by atoms with Gasteiger partial charge in [0.15, 0.2) is 0 Å². The van der Waals surface area contributed by atoms with Crippen LogP contribution in [0.2, 0.25) is 0 Å². The fourth-order valence-electron chi connectivity index (χ4n) is 4.57. The maximum Gasteiger partial charge on any atom is 0.0975 e. The third-order valence-electron chi connectivity index (χ3n) is 5.75. The number of likely N-dealkylation sites (tertiary alicyclic amines) is 1. The molecule has 0 aliphatic carbocycles. The van der Waals surface area contributed by atoms with Crippen molar-refractivity contribution < 1.29 is 5.11 Å². The number of hydrogen-bond acceptors (Lipinski definition) is 2. The van der Waals surface area contributed by atoms with Gasteiger partial charge in [-0.3, -0.25) is 4.90 Å². The molecule has 142 valence electrons. The molecule has 2 heteroatoms. The lowest BCUT2D eigenvalue weighted by atomic mass is 9.74. The molecule has 28 heavy (non-hydrogen) atoms. The molecule has 0 atom stereocenters. The van der Waals surface area contributed by atoms with Crippen molar-refractivity contribution in [3.63, 3.8) is 0 Å². The Morgan fingerprint density at radius 2 is 1.21 bits per heavy atom. The fourth-order valence-corrected chi connectivity index (χ4v) is 4.57. The first kappa shape index (κ1) is 18.7. The molecule has 1 N–H and O–H groups in total. The van der Waals surface area contributed by atoms with E-state index < -0.39 is 0 Å². The van der Waals surface area contributed by atoms with E-state index in [1.807, 2.05) is 6.08 Å². The number of hydrogen-bond donors (Lipinski definition) is 1. The van der Waals surface area contributed by atoms with Gasteiger partial charge in [0.25, 0.3) is 0 Å². The molecule has 0 unspecified atom stereocenters. The number of aliphatic hydroxyl groups excluding tert-OH is 1. The summed E-state index contributed by atoms with van der Waals surface area (Å²) >= 11 is 0. The fraction of sp³-hybridized carbons (Fsp3) is 0.231. The minimum atomic E-state index is -0.362. The Kier molecular flexibility index (Phi) is 5.70. The van der Waals surface area contributed by atoms with Gasteiger partial charge in [-0.25, -0.2) is 0 Å². The molecule has 1 saturated heterocycles. The quantitative estimate of drug-likeness (QED) is 0.506. The number of benzene rings is 3. The third kappa shape index (κ3) is 3.42. The first-order chi connectivity index (χ1) is 13.9. The van der Waals surface area contributed by atoms with Gasteiger partial charge in [0.05, 0.1) is 12.1 Å². The lowest BCUT2D eigenvalue weighted by Crippen LogP contribution is -2.50. The van der Waals surface area contributed by atoms with Gasteiger partial charge in [-0.15, -0.1) is 0 Å². The smallest absolute Gasteiger partial charge is 0.0975 e. The first-order valence-corrected chi connectivity index (χ1v) is 10.1. The second-order valence-corrected chi connectivity index (χ2v) is 7.38. The van der Waals surface area contributed by atoms with Gasteiger partial charge in [-0.2, -0.15) is 0 Å². The highest BCUT2D eigenvalue weighted by Gasteiger charge is 2.42. The van der Waals surface area contributed by atoms with Gasteiger partial charge in [0, 0.05) is 13.1 Å². The summed E-state index contributed by atoms with van der Waals surface area (Å²) in [6, 6.07) is 32.5. The maximum atomic E-state index is 9.46. The van der Waals surface area contributed by atoms with Crippen LogP contribution in [0.3, 0.4) is 0 Å². The average molecular weight is 370 g/mol. The molecule has 2 nitrogen and oxygen atoms in total. The van der Waals surface area contributed by atoms with Crippen molar-refractivity contribution in [2.24, 2.45) is 0 Å². The molecular weight excluding hydrogens is 342 g/mol. The number of aliphatic hydroxyl groups is 1. The second kappa shape index (κ2) is 8.55. The van der Waals surface area contributed by atoms with Crippen LogP contribution >= 0.6 is 0 Å². The SMILES string of the molecule is OCC=C1CCCN(C(c2ccccc2)(c2ccccc2)c2ccccc2)C1. The molecular formula is C26H27NO. The average Bonchev–Trinajstić information content (AvgIpc) is 2.77. The van der Waals surface area contributed by atoms with Crippen molar-refractivity contribution >= 4 is 0 Å². The van der Waals surface area contributed by atoms with Crippen LogP contribution < -0.4 is 0 Å². The Balaban J connectivity index is 1.97. The van der Waals surface area contributed by atoms with Gasteiger partial charge < -0.3 is 5.11 Å². The topological polar surface area (TPSA) is 23.5 Å². The van der Waals surface area contributed by atoms with Crippen LogP contribution in [-0.4, -0.2) is 29.7 Å². The van der Waals surface area contributed by atoms with Gasteiger partial charge in [-0.05, 0) is 29.5 Å². The van der Waals surface area contributed by atoms with E-state index >= 15 is 0 Å². The Hall–Kier alpha value is -2.68. The molecule has 0 amide bonds. The first-order valence-electron chi connectivity index (χ1n) is 10.1. The minimum absolute atomic E-state index is 0.109. The molecule has 3 aromatic rings. The maximum absolute atomic E-state index is 9.46.